The molecule has 3 nitrogen and oxygen atoms in total. The predicted octanol–water partition coefficient (Wildman–Crippen LogP) is 4.35. The summed E-state index contributed by atoms with van der Waals surface area (Å²) in [7, 11) is 0. The standard InChI is InChI=1S/C22H27NO2/c1-21-9-7-16-15-6-4-14(23-24)11-13(15)3-5-17(16)20(21)18-12-19(18)22(21)8-2-10-25-22/h2-3,5,8,11,15-20,24H,4,6-7,9-10,12H2,1H3/t15-,16?,17?,18?,19?,20?,21-,22-/m0/s1. The fraction of sp³-hybridized carbons (Fsp3) is 0.682. The number of rotatable bonds is 0. The van der Waals surface area contributed by atoms with Gasteiger partial charge >= 0.3 is 0 Å². The van der Waals surface area contributed by atoms with E-state index in [0.29, 0.717) is 17.3 Å². The highest BCUT2D eigenvalue weighted by atomic mass is 16.5. The van der Waals surface area contributed by atoms with E-state index in [1.54, 1.807) is 0 Å². The molecule has 1 heterocycles. The van der Waals surface area contributed by atoms with Crippen LogP contribution in [0.25, 0.3) is 0 Å². The molecule has 0 amide bonds. The Morgan fingerprint density at radius 2 is 2.20 bits per heavy atom. The first-order chi connectivity index (χ1) is 12.2. The summed E-state index contributed by atoms with van der Waals surface area (Å²) in [6, 6.07) is 0. The van der Waals surface area contributed by atoms with Gasteiger partial charge in [0.2, 0.25) is 0 Å². The molecule has 0 saturated heterocycles. The van der Waals surface area contributed by atoms with E-state index in [9.17, 15) is 0 Å². The monoisotopic (exact) mass is 337 g/mol. The first-order valence-electron chi connectivity index (χ1n) is 10.1. The fourth-order valence-electron chi connectivity index (χ4n) is 7.81. The van der Waals surface area contributed by atoms with E-state index in [2.05, 4.69) is 42.5 Å². The van der Waals surface area contributed by atoms with Crippen LogP contribution < -0.4 is 0 Å². The molecule has 5 aliphatic carbocycles. The van der Waals surface area contributed by atoms with Crippen molar-refractivity contribution in [1.82, 2.24) is 0 Å². The van der Waals surface area contributed by atoms with Gasteiger partial charge in [-0.25, -0.2) is 0 Å². The van der Waals surface area contributed by atoms with Crippen LogP contribution in [0.1, 0.15) is 39.0 Å². The molecule has 0 aromatic rings. The molecule has 6 aliphatic rings. The Morgan fingerprint density at radius 3 is 3.00 bits per heavy atom. The van der Waals surface area contributed by atoms with E-state index in [0.717, 1.165) is 48.8 Å². The molecule has 1 N–H and O–H groups in total. The minimum atomic E-state index is 0.0422. The highest BCUT2D eigenvalue weighted by Crippen LogP contribution is 2.77. The lowest BCUT2D eigenvalue weighted by Gasteiger charge is -2.55. The topological polar surface area (TPSA) is 41.8 Å². The summed E-state index contributed by atoms with van der Waals surface area (Å²) in [6.45, 7) is 3.35. The number of hydrogen-bond acceptors (Lipinski definition) is 3. The van der Waals surface area contributed by atoms with Crippen LogP contribution in [0.2, 0.25) is 0 Å². The summed E-state index contributed by atoms with van der Waals surface area (Å²) < 4.78 is 6.45. The number of hydrogen-bond donors (Lipinski definition) is 1. The average molecular weight is 337 g/mol. The molecular weight excluding hydrogens is 310 g/mol. The molecule has 132 valence electrons. The van der Waals surface area contributed by atoms with Crippen LogP contribution in [-0.4, -0.2) is 23.1 Å². The number of fused-ring (bicyclic) bond motifs is 9. The summed E-state index contributed by atoms with van der Waals surface area (Å²) in [5.74, 6) is 4.57. The van der Waals surface area contributed by atoms with Crippen molar-refractivity contribution in [3.05, 3.63) is 36.0 Å². The molecular formula is C22H27NO2. The van der Waals surface area contributed by atoms with Gasteiger partial charge in [0.15, 0.2) is 0 Å². The van der Waals surface area contributed by atoms with Gasteiger partial charge in [-0.05, 0) is 79.3 Å². The largest absolute Gasteiger partial charge is 0.411 e. The second-order valence-electron chi connectivity index (χ2n) is 9.48. The second-order valence-corrected chi connectivity index (χ2v) is 9.48. The van der Waals surface area contributed by atoms with Gasteiger partial charge in [-0.1, -0.05) is 36.4 Å². The van der Waals surface area contributed by atoms with Crippen LogP contribution in [0.3, 0.4) is 0 Å². The zero-order valence-corrected chi connectivity index (χ0v) is 14.9. The summed E-state index contributed by atoms with van der Waals surface area (Å²) in [5, 5.41) is 12.6. The Kier molecular flexibility index (Phi) is 2.76. The van der Waals surface area contributed by atoms with Crippen molar-refractivity contribution in [2.75, 3.05) is 6.61 Å². The number of nitrogens with zero attached hydrogens (tertiary/aromatic N) is 1. The number of allylic oxidation sites excluding steroid dienone is 4. The first-order valence-corrected chi connectivity index (χ1v) is 10.1. The maximum atomic E-state index is 9.13. The second kappa shape index (κ2) is 4.68. The van der Waals surface area contributed by atoms with E-state index in [4.69, 9.17) is 9.94 Å². The number of ether oxygens (including phenoxy) is 1. The molecule has 25 heavy (non-hydrogen) atoms. The Hall–Kier alpha value is -1.35. The molecule has 5 unspecified atom stereocenters. The average Bonchev–Trinajstić information content (AvgIpc) is 3.20. The van der Waals surface area contributed by atoms with E-state index in [1.807, 2.05) is 0 Å². The van der Waals surface area contributed by atoms with Gasteiger partial charge in [0.1, 0.15) is 0 Å². The molecule has 0 aromatic carbocycles. The van der Waals surface area contributed by atoms with E-state index >= 15 is 0 Å². The van der Waals surface area contributed by atoms with Crippen LogP contribution in [0.15, 0.2) is 41.1 Å². The van der Waals surface area contributed by atoms with Crippen molar-refractivity contribution < 1.29 is 9.94 Å². The van der Waals surface area contributed by atoms with Gasteiger partial charge in [-0.3, -0.25) is 0 Å². The van der Waals surface area contributed by atoms with Crippen molar-refractivity contribution in [3.63, 3.8) is 0 Å². The van der Waals surface area contributed by atoms with Crippen LogP contribution in [0, 0.1) is 40.9 Å². The van der Waals surface area contributed by atoms with Gasteiger partial charge in [-0.2, -0.15) is 0 Å². The molecule has 8 atom stereocenters. The third kappa shape index (κ3) is 1.64. The van der Waals surface area contributed by atoms with Crippen molar-refractivity contribution in [3.8, 4) is 0 Å². The fourth-order valence-corrected chi connectivity index (χ4v) is 7.81. The summed E-state index contributed by atoms with van der Waals surface area (Å²) in [5.41, 5.74) is 2.61. The molecule has 0 radical (unpaired) electrons. The van der Waals surface area contributed by atoms with Crippen molar-refractivity contribution in [2.24, 2.45) is 46.1 Å². The third-order valence-electron chi connectivity index (χ3n) is 8.80. The zero-order valence-electron chi connectivity index (χ0n) is 14.9. The van der Waals surface area contributed by atoms with E-state index in [-0.39, 0.29) is 5.60 Å². The lowest BCUT2D eigenvalue weighted by atomic mass is 9.50. The normalized spacial score (nSPS) is 56.4. The molecule has 3 saturated carbocycles. The minimum Gasteiger partial charge on any atom is -0.411 e. The van der Waals surface area contributed by atoms with Crippen molar-refractivity contribution >= 4 is 5.71 Å². The van der Waals surface area contributed by atoms with E-state index in [1.165, 1.54) is 24.8 Å². The van der Waals surface area contributed by atoms with Crippen molar-refractivity contribution in [2.45, 2.75) is 44.6 Å². The smallest absolute Gasteiger partial charge is 0.0954 e. The Bertz CT molecular complexity index is 749. The Morgan fingerprint density at radius 1 is 1.28 bits per heavy atom. The molecule has 0 aromatic heterocycles. The molecule has 1 aliphatic heterocycles. The minimum absolute atomic E-state index is 0.0422. The van der Waals surface area contributed by atoms with Gasteiger partial charge in [0.25, 0.3) is 0 Å². The third-order valence-corrected chi connectivity index (χ3v) is 8.80. The maximum absolute atomic E-state index is 9.13. The quantitative estimate of drug-likeness (QED) is 0.406. The van der Waals surface area contributed by atoms with Crippen LogP contribution in [-0.2, 0) is 4.74 Å². The summed E-state index contributed by atoms with van der Waals surface area (Å²) >= 11 is 0. The van der Waals surface area contributed by atoms with Crippen LogP contribution in [0.5, 0.6) is 0 Å². The molecule has 1 spiro atoms. The summed E-state index contributed by atoms with van der Waals surface area (Å²) in [4.78, 5) is 0. The van der Waals surface area contributed by atoms with Crippen LogP contribution >= 0.6 is 0 Å². The molecule has 0 bridgehead atoms. The Labute approximate surface area is 149 Å². The molecule has 6 rings (SSSR count). The van der Waals surface area contributed by atoms with Gasteiger partial charge < -0.3 is 9.94 Å². The molecule has 3 fully saturated rings. The van der Waals surface area contributed by atoms with Crippen molar-refractivity contribution in [1.29, 1.82) is 0 Å². The zero-order chi connectivity index (χ0) is 16.8. The predicted molar refractivity (Wildman–Crippen MR) is 96.4 cm³/mol. The first kappa shape index (κ1) is 14.8. The highest BCUT2D eigenvalue weighted by molar-refractivity contribution is 5.96. The summed E-state index contributed by atoms with van der Waals surface area (Å²) in [6.07, 6.45) is 17.8. The number of oxime groups is 1. The highest BCUT2D eigenvalue weighted by Gasteiger charge is 2.76. The Balaban J connectivity index is 1.41. The lowest BCUT2D eigenvalue weighted by molar-refractivity contribution is -0.120. The van der Waals surface area contributed by atoms with E-state index < -0.39 is 0 Å². The maximum Gasteiger partial charge on any atom is 0.0954 e. The van der Waals surface area contributed by atoms with Gasteiger partial charge in [0.05, 0.1) is 17.9 Å². The van der Waals surface area contributed by atoms with Gasteiger partial charge in [0, 0.05) is 5.41 Å². The molecule has 3 heteroatoms. The SMILES string of the molecule is C[C@]12CCC3C(C=CC4=CC(=NO)CC[C@@H]43)C1C1CC1[C@@]21C=CCO1. The lowest BCUT2D eigenvalue weighted by Crippen LogP contribution is -2.54. The van der Waals surface area contributed by atoms with Crippen LogP contribution in [0.4, 0.5) is 0 Å². The van der Waals surface area contributed by atoms with Gasteiger partial charge in [-0.15, -0.1) is 0 Å².